The number of carbonyl (C=O) groups excluding carboxylic acids is 1. The fourth-order valence-corrected chi connectivity index (χ4v) is 2.31. The summed E-state index contributed by atoms with van der Waals surface area (Å²) in [6, 6.07) is 9.32. The largest absolute Gasteiger partial charge is 0.345 e. The van der Waals surface area contributed by atoms with Gasteiger partial charge in [0.1, 0.15) is 0 Å². The van der Waals surface area contributed by atoms with Crippen molar-refractivity contribution in [3.8, 4) is 0 Å². The van der Waals surface area contributed by atoms with Crippen molar-refractivity contribution in [3.05, 3.63) is 60.2 Å². The van der Waals surface area contributed by atoms with Crippen LogP contribution in [-0.2, 0) is 0 Å². The van der Waals surface area contributed by atoms with Gasteiger partial charge in [0.25, 0.3) is 5.91 Å². The number of hydrogen-bond donors (Lipinski definition) is 1. The van der Waals surface area contributed by atoms with Crippen LogP contribution in [-0.4, -0.2) is 32.8 Å². The van der Waals surface area contributed by atoms with E-state index in [0.717, 1.165) is 16.6 Å². The highest BCUT2D eigenvalue weighted by molar-refractivity contribution is 5.97. The van der Waals surface area contributed by atoms with E-state index in [-0.39, 0.29) is 11.9 Å². The first-order valence-electron chi connectivity index (χ1n) is 6.77. The van der Waals surface area contributed by atoms with Crippen molar-refractivity contribution < 1.29 is 4.79 Å². The van der Waals surface area contributed by atoms with Crippen LogP contribution < -0.4 is 0 Å². The summed E-state index contributed by atoms with van der Waals surface area (Å²) >= 11 is 0. The average Bonchev–Trinajstić information content (AvgIpc) is 3.01. The Morgan fingerprint density at radius 3 is 2.76 bits per heavy atom. The molecular formula is C16H16N4O. The first kappa shape index (κ1) is 13.3. The molecule has 0 spiro atoms. The summed E-state index contributed by atoms with van der Waals surface area (Å²) in [4.78, 5) is 25.5. The Balaban J connectivity index is 1.86. The minimum atomic E-state index is -0.0178. The lowest BCUT2D eigenvalue weighted by Gasteiger charge is -2.25. The van der Waals surface area contributed by atoms with Crippen LogP contribution in [0, 0.1) is 0 Å². The number of benzene rings is 1. The molecule has 1 unspecified atom stereocenters. The molecule has 0 fully saturated rings. The summed E-state index contributed by atoms with van der Waals surface area (Å²) in [5, 5.41) is 0. The van der Waals surface area contributed by atoms with Crippen molar-refractivity contribution in [1.82, 2.24) is 19.9 Å². The van der Waals surface area contributed by atoms with Crippen LogP contribution in [0.1, 0.15) is 28.9 Å². The molecule has 5 heteroatoms. The second-order valence-corrected chi connectivity index (χ2v) is 5.01. The van der Waals surface area contributed by atoms with E-state index in [2.05, 4.69) is 15.0 Å². The zero-order chi connectivity index (χ0) is 14.8. The van der Waals surface area contributed by atoms with Gasteiger partial charge in [-0.25, -0.2) is 4.98 Å². The number of rotatable bonds is 3. The van der Waals surface area contributed by atoms with E-state index in [1.165, 1.54) is 0 Å². The molecule has 2 aromatic heterocycles. The Labute approximate surface area is 122 Å². The molecule has 0 aliphatic heterocycles. The monoisotopic (exact) mass is 280 g/mol. The second-order valence-electron chi connectivity index (χ2n) is 5.01. The third-order valence-corrected chi connectivity index (χ3v) is 3.76. The van der Waals surface area contributed by atoms with Gasteiger partial charge in [-0.1, -0.05) is 0 Å². The summed E-state index contributed by atoms with van der Waals surface area (Å²) < 4.78 is 0. The number of carbonyl (C=O) groups is 1. The number of nitrogens with zero attached hydrogens (tertiary/aromatic N) is 3. The standard InChI is InChI=1S/C16H16N4O/c1-11(12-5-7-17-8-6-12)20(2)16(21)13-3-4-14-15(9-13)19-10-18-14/h3-11H,1-2H3,(H,18,19). The van der Waals surface area contributed by atoms with Gasteiger partial charge in [-0.05, 0) is 42.8 Å². The first-order chi connectivity index (χ1) is 10.2. The molecule has 0 saturated carbocycles. The molecule has 3 aromatic rings. The highest BCUT2D eigenvalue weighted by Crippen LogP contribution is 2.21. The number of pyridine rings is 1. The van der Waals surface area contributed by atoms with Gasteiger partial charge in [-0.3, -0.25) is 9.78 Å². The Bertz CT molecular complexity index is 766. The lowest BCUT2D eigenvalue weighted by molar-refractivity contribution is 0.0742. The van der Waals surface area contributed by atoms with Crippen LogP contribution in [0.5, 0.6) is 0 Å². The Morgan fingerprint density at radius 1 is 1.24 bits per heavy atom. The van der Waals surface area contributed by atoms with E-state index in [9.17, 15) is 4.79 Å². The molecule has 0 aliphatic carbocycles. The minimum Gasteiger partial charge on any atom is -0.345 e. The summed E-state index contributed by atoms with van der Waals surface area (Å²) in [7, 11) is 1.81. The fraction of sp³-hybridized carbons (Fsp3) is 0.188. The lowest BCUT2D eigenvalue weighted by atomic mass is 10.1. The molecule has 1 amide bonds. The first-order valence-corrected chi connectivity index (χ1v) is 6.77. The predicted octanol–water partition coefficient (Wildman–Crippen LogP) is 2.79. The van der Waals surface area contributed by atoms with Crippen molar-refractivity contribution in [3.63, 3.8) is 0 Å². The molecule has 1 aromatic carbocycles. The summed E-state index contributed by atoms with van der Waals surface area (Å²) in [6.45, 7) is 2.00. The number of imidazole rings is 1. The smallest absolute Gasteiger partial charge is 0.254 e. The Hall–Kier alpha value is -2.69. The van der Waals surface area contributed by atoms with Crippen molar-refractivity contribution in [2.45, 2.75) is 13.0 Å². The predicted molar refractivity (Wildman–Crippen MR) is 80.8 cm³/mol. The normalized spacial score (nSPS) is 12.3. The lowest BCUT2D eigenvalue weighted by Crippen LogP contribution is -2.29. The third-order valence-electron chi connectivity index (χ3n) is 3.76. The molecule has 5 nitrogen and oxygen atoms in total. The highest BCUT2D eigenvalue weighted by Gasteiger charge is 2.19. The van der Waals surface area contributed by atoms with Crippen LogP contribution in [0.4, 0.5) is 0 Å². The van der Waals surface area contributed by atoms with E-state index in [4.69, 9.17) is 0 Å². The van der Waals surface area contributed by atoms with Crippen LogP contribution in [0.3, 0.4) is 0 Å². The maximum absolute atomic E-state index is 12.6. The van der Waals surface area contributed by atoms with Crippen molar-refractivity contribution in [2.75, 3.05) is 7.05 Å². The van der Waals surface area contributed by atoms with Crippen molar-refractivity contribution in [2.24, 2.45) is 0 Å². The maximum atomic E-state index is 12.6. The average molecular weight is 280 g/mol. The Morgan fingerprint density at radius 2 is 2.00 bits per heavy atom. The molecule has 0 radical (unpaired) electrons. The van der Waals surface area contributed by atoms with Gasteiger partial charge in [0.2, 0.25) is 0 Å². The molecule has 1 N–H and O–H groups in total. The van der Waals surface area contributed by atoms with Crippen LogP contribution in [0.2, 0.25) is 0 Å². The summed E-state index contributed by atoms with van der Waals surface area (Å²) in [6.07, 6.45) is 5.10. The maximum Gasteiger partial charge on any atom is 0.254 e. The number of fused-ring (bicyclic) bond motifs is 1. The molecule has 0 bridgehead atoms. The van der Waals surface area contributed by atoms with E-state index >= 15 is 0 Å². The van der Waals surface area contributed by atoms with Gasteiger partial charge in [-0.15, -0.1) is 0 Å². The third kappa shape index (κ3) is 2.50. The molecule has 2 heterocycles. The fourth-order valence-electron chi connectivity index (χ4n) is 2.31. The number of hydrogen-bond acceptors (Lipinski definition) is 3. The number of nitrogens with one attached hydrogen (secondary N) is 1. The molecule has 0 aliphatic rings. The van der Waals surface area contributed by atoms with Gasteiger partial charge in [-0.2, -0.15) is 0 Å². The topological polar surface area (TPSA) is 61.9 Å². The van der Waals surface area contributed by atoms with E-state index in [1.807, 2.05) is 38.2 Å². The van der Waals surface area contributed by atoms with Gasteiger partial charge in [0, 0.05) is 25.0 Å². The zero-order valence-corrected chi connectivity index (χ0v) is 11.9. The van der Waals surface area contributed by atoms with Crippen molar-refractivity contribution in [1.29, 1.82) is 0 Å². The van der Waals surface area contributed by atoms with Gasteiger partial charge < -0.3 is 9.88 Å². The van der Waals surface area contributed by atoms with Crippen LogP contribution in [0.25, 0.3) is 11.0 Å². The molecule has 1 atom stereocenters. The second kappa shape index (κ2) is 5.36. The van der Waals surface area contributed by atoms with Crippen LogP contribution in [0.15, 0.2) is 49.1 Å². The molecule has 0 saturated heterocycles. The van der Waals surface area contributed by atoms with E-state index in [1.54, 1.807) is 29.7 Å². The van der Waals surface area contributed by atoms with Gasteiger partial charge in [0.15, 0.2) is 0 Å². The van der Waals surface area contributed by atoms with Crippen molar-refractivity contribution >= 4 is 16.9 Å². The highest BCUT2D eigenvalue weighted by atomic mass is 16.2. The van der Waals surface area contributed by atoms with Gasteiger partial charge in [0.05, 0.1) is 23.4 Å². The molecule has 21 heavy (non-hydrogen) atoms. The number of aromatic nitrogens is 3. The number of H-pyrrole nitrogens is 1. The van der Waals surface area contributed by atoms with E-state index < -0.39 is 0 Å². The summed E-state index contributed by atoms with van der Waals surface area (Å²) in [5.74, 6) is -0.0178. The minimum absolute atomic E-state index is 0.0158. The quantitative estimate of drug-likeness (QED) is 0.802. The summed E-state index contributed by atoms with van der Waals surface area (Å²) in [5.41, 5.74) is 3.43. The van der Waals surface area contributed by atoms with Gasteiger partial charge >= 0.3 is 0 Å². The molecule has 106 valence electrons. The van der Waals surface area contributed by atoms with Crippen LogP contribution >= 0.6 is 0 Å². The molecular weight excluding hydrogens is 264 g/mol. The number of amides is 1. The SMILES string of the molecule is CC(c1ccncc1)N(C)C(=O)c1ccc2nc[nH]c2c1. The van der Waals surface area contributed by atoms with E-state index in [0.29, 0.717) is 5.56 Å². The number of aromatic amines is 1. The molecule has 3 rings (SSSR count). The Kier molecular flexibility index (Phi) is 3.39. The zero-order valence-electron chi connectivity index (χ0n) is 11.9.